The van der Waals surface area contributed by atoms with E-state index >= 15 is 0 Å². The van der Waals surface area contributed by atoms with Gasteiger partial charge in [-0.15, -0.1) is 0 Å². The van der Waals surface area contributed by atoms with E-state index in [0.717, 1.165) is 49.6 Å². The molecular formula is C30H33F9N6O8. The van der Waals surface area contributed by atoms with Crippen LogP contribution in [0.5, 0.6) is 5.75 Å². The van der Waals surface area contributed by atoms with Crippen LogP contribution < -0.4 is 4.74 Å². The quantitative estimate of drug-likeness (QED) is 0.314. The van der Waals surface area contributed by atoms with Crippen LogP contribution in [0, 0.1) is 0 Å². The van der Waals surface area contributed by atoms with Crippen molar-refractivity contribution < 1.29 is 78.7 Å². The van der Waals surface area contributed by atoms with Crippen LogP contribution in [0.25, 0.3) is 11.3 Å². The van der Waals surface area contributed by atoms with E-state index in [1.54, 1.807) is 7.11 Å². The number of carbonyl (C=O) groups excluding carboxylic acids is 1. The molecule has 1 amide bonds. The third-order valence-electron chi connectivity index (χ3n) is 7.78. The Morgan fingerprint density at radius 3 is 1.75 bits per heavy atom. The Balaban J connectivity index is 0.000000379. The summed E-state index contributed by atoms with van der Waals surface area (Å²) in [4.78, 5) is 49.3. The number of likely N-dealkylation sites (tertiary alicyclic amines) is 1. The highest BCUT2D eigenvalue weighted by molar-refractivity contribution is 5.94. The smallest absolute Gasteiger partial charge is 0.490 e. The average Bonchev–Trinajstić information content (AvgIpc) is 3.71. The highest BCUT2D eigenvalue weighted by Gasteiger charge is 2.47. The Kier molecular flexibility index (Phi) is 14.4. The molecule has 0 aliphatic carbocycles. The maximum atomic E-state index is 13.2. The minimum Gasteiger partial charge on any atom is -0.497 e. The van der Waals surface area contributed by atoms with Crippen LogP contribution in [0.15, 0.2) is 42.9 Å². The monoisotopic (exact) mass is 776 g/mol. The van der Waals surface area contributed by atoms with E-state index in [1.165, 1.54) is 0 Å². The number of aryl methyl sites for hydroxylation is 1. The third-order valence-corrected chi connectivity index (χ3v) is 7.78. The van der Waals surface area contributed by atoms with Crippen molar-refractivity contribution >= 4 is 23.8 Å². The van der Waals surface area contributed by atoms with Gasteiger partial charge in [0.2, 0.25) is 0 Å². The van der Waals surface area contributed by atoms with E-state index in [1.807, 2.05) is 59.5 Å². The Labute approximate surface area is 294 Å². The minimum absolute atomic E-state index is 0.0667. The van der Waals surface area contributed by atoms with E-state index < -0.39 is 36.4 Å². The first-order valence-electron chi connectivity index (χ1n) is 15.0. The van der Waals surface area contributed by atoms with Crippen molar-refractivity contribution in [3.8, 4) is 17.0 Å². The summed E-state index contributed by atoms with van der Waals surface area (Å²) >= 11 is 0. The summed E-state index contributed by atoms with van der Waals surface area (Å²) in [5.74, 6) is -6.37. The highest BCUT2D eigenvalue weighted by atomic mass is 19.4. The standard InChI is InChI=1S/C24H30N6O2.3C2HF3O2/c1-4-29-12-13-30-21(19-15-26-27(2)17-19)16-25-23(30)24(29)8-10-28(11-9-24)22(31)18-6-5-7-20(14-18)32-3;3*3-2(4,5)1(6)7/h5-7,14-17H,4,8-13H2,1-3H3;3*(H,6,7). The number of halogens is 9. The van der Waals surface area contributed by atoms with Gasteiger partial charge in [-0.3, -0.25) is 14.4 Å². The Hall–Kier alpha value is -5.35. The summed E-state index contributed by atoms with van der Waals surface area (Å²) < 4.78 is 105. The number of methoxy groups -OCH3 is 1. The number of nitrogens with zero attached hydrogens (tertiary/aromatic N) is 6. The number of carboxylic acid groups (broad SMARTS) is 3. The molecule has 2 aromatic heterocycles. The van der Waals surface area contributed by atoms with E-state index in [9.17, 15) is 44.3 Å². The molecule has 1 fully saturated rings. The summed E-state index contributed by atoms with van der Waals surface area (Å²) in [5, 5.41) is 25.7. The van der Waals surface area contributed by atoms with Gasteiger partial charge in [-0.2, -0.15) is 44.6 Å². The molecule has 2 aliphatic rings. The van der Waals surface area contributed by atoms with Crippen LogP contribution in [0.4, 0.5) is 39.5 Å². The average molecular weight is 777 g/mol. The lowest BCUT2D eigenvalue weighted by molar-refractivity contribution is -0.193. The second kappa shape index (κ2) is 17.4. The highest BCUT2D eigenvalue weighted by Crippen LogP contribution is 2.42. The molecule has 3 aromatic rings. The van der Waals surface area contributed by atoms with E-state index in [4.69, 9.17) is 39.4 Å². The molecule has 294 valence electrons. The first-order valence-corrected chi connectivity index (χ1v) is 15.0. The van der Waals surface area contributed by atoms with Crippen molar-refractivity contribution in [2.45, 2.75) is 50.4 Å². The summed E-state index contributed by atoms with van der Waals surface area (Å²) in [7, 11) is 3.56. The Morgan fingerprint density at radius 1 is 0.830 bits per heavy atom. The summed E-state index contributed by atoms with van der Waals surface area (Å²) in [6, 6.07) is 7.41. The lowest BCUT2D eigenvalue weighted by Gasteiger charge is -2.50. The largest absolute Gasteiger partial charge is 0.497 e. The van der Waals surface area contributed by atoms with E-state index in [2.05, 4.69) is 21.5 Å². The van der Waals surface area contributed by atoms with Crippen molar-refractivity contribution in [2.24, 2.45) is 7.05 Å². The van der Waals surface area contributed by atoms with Crippen LogP contribution in [-0.2, 0) is 33.5 Å². The summed E-state index contributed by atoms with van der Waals surface area (Å²) in [5.41, 5.74) is 2.75. The summed E-state index contributed by atoms with van der Waals surface area (Å²) in [6.45, 7) is 6.51. The topological polar surface area (TPSA) is 180 Å². The van der Waals surface area contributed by atoms with Crippen LogP contribution >= 0.6 is 0 Å². The number of hydrogen-bond acceptors (Lipinski definition) is 8. The molecule has 0 bridgehead atoms. The number of alkyl halides is 9. The SMILES string of the molecule is CCN1CCn2c(-c3cnn(C)c3)cnc2C12CCN(C(=O)c1cccc(OC)c1)CC2.O=C(O)C(F)(F)F.O=C(O)C(F)(F)F.O=C(O)C(F)(F)F. The molecular weight excluding hydrogens is 743 g/mol. The maximum absolute atomic E-state index is 13.2. The molecule has 53 heavy (non-hydrogen) atoms. The zero-order valence-electron chi connectivity index (χ0n) is 28.0. The number of likely N-dealkylation sites (N-methyl/N-ethyl adjacent to an activating group) is 1. The van der Waals surface area contributed by atoms with Crippen molar-refractivity contribution in [3.05, 3.63) is 54.2 Å². The van der Waals surface area contributed by atoms with Crippen molar-refractivity contribution in [1.29, 1.82) is 0 Å². The number of piperidine rings is 1. The second-order valence-electron chi connectivity index (χ2n) is 11.1. The molecule has 1 aromatic carbocycles. The van der Waals surface area contributed by atoms with E-state index in [-0.39, 0.29) is 11.4 Å². The third kappa shape index (κ3) is 11.6. The normalized spacial score (nSPS) is 15.4. The van der Waals surface area contributed by atoms with Gasteiger partial charge >= 0.3 is 36.4 Å². The first kappa shape index (κ1) is 43.8. The molecule has 1 spiro atoms. The Bertz CT molecular complexity index is 1670. The molecule has 14 nitrogen and oxygen atoms in total. The minimum atomic E-state index is -5.08. The van der Waals surface area contributed by atoms with Gasteiger partial charge < -0.3 is 29.5 Å². The lowest BCUT2D eigenvalue weighted by atomic mass is 9.83. The van der Waals surface area contributed by atoms with Gasteiger partial charge in [0.15, 0.2) is 0 Å². The number of aliphatic carboxylic acids is 3. The van der Waals surface area contributed by atoms with Crippen molar-refractivity contribution in [3.63, 3.8) is 0 Å². The zero-order chi connectivity index (χ0) is 40.5. The number of hydrogen-bond donors (Lipinski definition) is 3. The fourth-order valence-corrected chi connectivity index (χ4v) is 5.35. The predicted molar refractivity (Wildman–Crippen MR) is 163 cm³/mol. The Morgan fingerprint density at radius 2 is 1.34 bits per heavy atom. The molecule has 23 heteroatoms. The van der Waals surface area contributed by atoms with E-state index in [0.29, 0.717) is 24.4 Å². The molecule has 0 saturated carbocycles. The van der Waals surface area contributed by atoms with Gasteiger partial charge in [0, 0.05) is 50.6 Å². The molecule has 0 radical (unpaired) electrons. The van der Waals surface area contributed by atoms with Gasteiger partial charge in [-0.25, -0.2) is 19.4 Å². The molecule has 4 heterocycles. The predicted octanol–water partition coefficient (Wildman–Crippen LogP) is 4.66. The van der Waals surface area contributed by atoms with Crippen LogP contribution in [-0.4, -0.2) is 120 Å². The molecule has 0 unspecified atom stereocenters. The molecule has 5 rings (SSSR count). The first-order chi connectivity index (χ1) is 24.4. The zero-order valence-corrected chi connectivity index (χ0v) is 28.0. The van der Waals surface area contributed by atoms with Crippen molar-refractivity contribution in [1.82, 2.24) is 29.1 Å². The van der Waals surface area contributed by atoms with Crippen LogP contribution in [0.3, 0.4) is 0 Å². The molecule has 2 aliphatic heterocycles. The van der Waals surface area contributed by atoms with Crippen LogP contribution in [0.1, 0.15) is 35.9 Å². The molecule has 0 atom stereocenters. The number of imidazole rings is 1. The van der Waals surface area contributed by atoms with Crippen molar-refractivity contribution in [2.75, 3.05) is 33.3 Å². The van der Waals surface area contributed by atoms with Gasteiger partial charge in [0.25, 0.3) is 5.91 Å². The number of amides is 1. The van der Waals surface area contributed by atoms with Crippen LogP contribution in [0.2, 0.25) is 0 Å². The summed E-state index contributed by atoms with van der Waals surface area (Å²) in [6.07, 6.45) is -7.57. The maximum Gasteiger partial charge on any atom is 0.490 e. The molecule has 1 saturated heterocycles. The number of carbonyl (C=O) groups is 4. The molecule has 3 N–H and O–H groups in total. The van der Waals surface area contributed by atoms with Gasteiger partial charge in [0.05, 0.1) is 30.7 Å². The van der Waals surface area contributed by atoms with Gasteiger partial charge in [-0.05, 0) is 37.6 Å². The lowest BCUT2D eigenvalue weighted by Crippen LogP contribution is -2.58. The number of fused-ring (bicyclic) bond motifs is 2. The second-order valence-corrected chi connectivity index (χ2v) is 11.1. The fourth-order valence-electron chi connectivity index (χ4n) is 5.35. The number of rotatable bonds is 4. The van der Waals surface area contributed by atoms with Gasteiger partial charge in [-0.1, -0.05) is 13.0 Å². The number of aromatic nitrogens is 4. The fraction of sp³-hybridized carbons (Fsp3) is 0.467. The number of ether oxygens (including phenoxy) is 1. The van der Waals surface area contributed by atoms with Gasteiger partial charge in [0.1, 0.15) is 11.6 Å². The number of carboxylic acids is 3. The number of benzene rings is 1.